The largest absolute Gasteiger partial charge is 0.383 e. The van der Waals surface area contributed by atoms with E-state index in [-0.39, 0.29) is 0 Å². The van der Waals surface area contributed by atoms with Gasteiger partial charge in [-0.05, 0) is 37.3 Å². The molecule has 1 aliphatic rings. The summed E-state index contributed by atoms with van der Waals surface area (Å²) in [5.41, 5.74) is 4.19. The number of nitrogens with one attached hydrogen (secondary N) is 2. The Morgan fingerprint density at radius 3 is 3.05 bits per heavy atom. The lowest BCUT2D eigenvalue weighted by molar-refractivity contribution is 0.153. The predicted octanol–water partition coefficient (Wildman–Crippen LogP) is 3.95. The second-order valence-electron chi connectivity index (χ2n) is 6.12. The zero-order chi connectivity index (χ0) is 14.7. The molecule has 1 aromatic carbocycles. The van der Waals surface area contributed by atoms with Crippen molar-refractivity contribution in [1.29, 1.82) is 0 Å². The number of fused-ring (bicyclic) bond motifs is 3. The maximum Gasteiger partial charge on any atom is 0.0616 e. The Morgan fingerprint density at radius 2 is 2.24 bits per heavy atom. The first-order chi connectivity index (χ1) is 10.3. The van der Waals surface area contributed by atoms with Crippen LogP contribution < -0.4 is 5.32 Å². The van der Waals surface area contributed by atoms with Crippen LogP contribution in [0.15, 0.2) is 24.3 Å². The smallest absolute Gasteiger partial charge is 0.0616 e. The summed E-state index contributed by atoms with van der Waals surface area (Å²) >= 11 is 0. The molecule has 0 amide bonds. The maximum absolute atomic E-state index is 5.37. The van der Waals surface area contributed by atoms with Gasteiger partial charge in [0.15, 0.2) is 0 Å². The van der Waals surface area contributed by atoms with Gasteiger partial charge in [-0.25, -0.2) is 0 Å². The second-order valence-corrected chi connectivity index (χ2v) is 6.12. The zero-order valence-electron chi connectivity index (χ0n) is 13.1. The molecule has 2 aromatic rings. The minimum absolute atomic E-state index is 0.438. The van der Waals surface area contributed by atoms with Crippen molar-refractivity contribution in [3.63, 3.8) is 0 Å². The molecule has 0 aliphatic heterocycles. The Bertz CT molecular complexity index is 584. The number of hydrogen-bond donors (Lipinski definition) is 2. The molecule has 2 N–H and O–H groups in total. The van der Waals surface area contributed by atoms with Crippen molar-refractivity contribution in [2.45, 2.75) is 51.1 Å². The monoisotopic (exact) mass is 286 g/mol. The molecule has 0 radical (unpaired) electrons. The van der Waals surface area contributed by atoms with Crippen molar-refractivity contribution in [1.82, 2.24) is 10.3 Å². The van der Waals surface area contributed by atoms with Crippen LogP contribution in [0, 0.1) is 0 Å². The van der Waals surface area contributed by atoms with Crippen LogP contribution in [0.1, 0.15) is 49.9 Å². The van der Waals surface area contributed by atoms with Crippen LogP contribution in [-0.2, 0) is 11.2 Å². The van der Waals surface area contributed by atoms with E-state index in [0.717, 1.165) is 6.61 Å². The molecular formula is C18H26N2O. The highest BCUT2D eigenvalue weighted by atomic mass is 16.5. The topological polar surface area (TPSA) is 37.0 Å². The first-order valence-corrected chi connectivity index (χ1v) is 8.18. The van der Waals surface area contributed by atoms with Crippen LogP contribution in [0.4, 0.5) is 0 Å². The maximum atomic E-state index is 5.37. The second kappa shape index (κ2) is 6.63. The lowest BCUT2D eigenvalue weighted by atomic mass is 9.91. The minimum Gasteiger partial charge on any atom is -0.383 e. The van der Waals surface area contributed by atoms with Crippen molar-refractivity contribution in [2.24, 2.45) is 0 Å². The Labute approximate surface area is 127 Å². The molecule has 2 atom stereocenters. The van der Waals surface area contributed by atoms with E-state index < -0.39 is 0 Å². The standard InChI is InChI=1S/C18H26N2O/c1-3-7-13(12-21-2)19-17-11-6-9-15-14-8-4-5-10-16(14)20-18(15)17/h4-5,8,10,13,17,19-20H,3,6-7,9,11-12H2,1-2H3. The van der Waals surface area contributed by atoms with Crippen molar-refractivity contribution in [3.8, 4) is 0 Å². The molecule has 3 heteroatoms. The van der Waals surface area contributed by atoms with Gasteiger partial charge in [0.1, 0.15) is 0 Å². The highest BCUT2D eigenvalue weighted by Crippen LogP contribution is 2.34. The molecule has 21 heavy (non-hydrogen) atoms. The number of ether oxygens (including phenoxy) is 1. The molecule has 2 unspecified atom stereocenters. The van der Waals surface area contributed by atoms with Gasteiger partial charge in [0.05, 0.1) is 6.61 Å². The molecule has 114 valence electrons. The molecule has 3 rings (SSSR count). The number of aromatic amines is 1. The van der Waals surface area contributed by atoms with E-state index in [2.05, 4.69) is 41.5 Å². The summed E-state index contributed by atoms with van der Waals surface area (Å²) in [6, 6.07) is 9.56. The van der Waals surface area contributed by atoms with E-state index in [4.69, 9.17) is 4.74 Å². The third-order valence-electron chi connectivity index (χ3n) is 4.56. The van der Waals surface area contributed by atoms with Crippen molar-refractivity contribution < 1.29 is 4.74 Å². The predicted molar refractivity (Wildman–Crippen MR) is 87.7 cm³/mol. The summed E-state index contributed by atoms with van der Waals surface area (Å²) in [7, 11) is 1.79. The van der Waals surface area contributed by atoms with Gasteiger partial charge in [-0.1, -0.05) is 31.5 Å². The van der Waals surface area contributed by atoms with Crippen LogP contribution in [0.5, 0.6) is 0 Å². The molecular weight excluding hydrogens is 260 g/mol. The van der Waals surface area contributed by atoms with Gasteiger partial charge < -0.3 is 15.0 Å². The average molecular weight is 286 g/mol. The van der Waals surface area contributed by atoms with Crippen molar-refractivity contribution >= 4 is 10.9 Å². The molecule has 0 fully saturated rings. The average Bonchev–Trinajstić information content (AvgIpc) is 2.88. The summed E-state index contributed by atoms with van der Waals surface area (Å²) in [6.45, 7) is 3.03. The van der Waals surface area contributed by atoms with Gasteiger partial charge in [0.25, 0.3) is 0 Å². The molecule has 0 bridgehead atoms. The Kier molecular flexibility index (Phi) is 4.61. The molecule has 0 saturated carbocycles. The number of benzene rings is 1. The van der Waals surface area contributed by atoms with Crippen LogP contribution in [0.2, 0.25) is 0 Å². The number of aryl methyl sites for hydroxylation is 1. The van der Waals surface area contributed by atoms with Crippen LogP contribution in [-0.4, -0.2) is 24.7 Å². The highest BCUT2D eigenvalue weighted by molar-refractivity contribution is 5.85. The fourth-order valence-corrected chi connectivity index (χ4v) is 3.63. The number of para-hydroxylation sites is 1. The Balaban J connectivity index is 1.86. The fourth-order valence-electron chi connectivity index (χ4n) is 3.63. The Morgan fingerprint density at radius 1 is 1.38 bits per heavy atom. The molecule has 3 nitrogen and oxygen atoms in total. The quantitative estimate of drug-likeness (QED) is 0.843. The van der Waals surface area contributed by atoms with E-state index >= 15 is 0 Å². The van der Waals surface area contributed by atoms with Crippen LogP contribution in [0.3, 0.4) is 0 Å². The zero-order valence-corrected chi connectivity index (χ0v) is 13.1. The van der Waals surface area contributed by atoms with E-state index in [1.165, 1.54) is 54.3 Å². The van der Waals surface area contributed by atoms with E-state index in [1.54, 1.807) is 7.11 Å². The summed E-state index contributed by atoms with van der Waals surface area (Å²) in [5, 5.41) is 5.22. The minimum atomic E-state index is 0.438. The molecule has 0 spiro atoms. The number of hydrogen-bond acceptors (Lipinski definition) is 2. The fraction of sp³-hybridized carbons (Fsp3) is 0.556. The van der Waals surface area contributed by atoms with Gasteiger partial charge >= 0.3 is 0 Å². The lowest BCUT2D eigenvalue weighted by Gasteiger charge is -2.28. The van der Waals surface area contributed by atoms with E-state index in [0.29, 0.717) is 12.1 Å². The highest BCUT2D eigenvalue weighted by Gasteiger charge is 2.25. The lowest BCUT2D eigenvalue weighted by Crippen LogP contribution is -2.37. The Hall–Kier alpha value is -1.32. The molecule has 1 aliphatic carbocycles. The normalized spacial score (nSPS) is 19.6. The number of aromatic nitrogens is 1. The number of methoxy groups -OCH3 is 1. The first kappa shape index (κ1) is 14.6. The summed E-state index contributed by atoms with van der Waals surface area (Å²) < 4.78 is 5.37. The van der Waals surface area contributed by atoms with E-state index in [9.17, 15) is 0 Å². The third kappa shape index (κ3) is 2.99. The van der Waals surface area contributed by atoms with Gasteiger partial charge in [-0.3, -0.25) is 0 Å². The first-order valence-electron chi connectivity index (χ1n) is 8.18. The summed E-state index contributed by atoms with van der Waals surface area (Å²) in [5.74, 6) is 0. The number of H-pyrrole nitrogens is 1. The summed E-state index contributed by atoms with van der Waals surface area (Å²) in [4.78, 5) is 3.65. The van der Waals surface area contributed by atoms with Crippen molar-refractivity contribution in [2.75, 3.05) is 13.7 Å². The third-order valence-corrected chi connectivity index (χ3v) is 4.56. The SMILES string of the molecule is CCCC(COC)NC1CCCc2c1[nH]c1ccccc21. The van der Waals surface area contributed by atoms with E-state index in [1.807, 2.05) is 0 Å². The van der Waals surface area contributed by atoms with Gasteiger partial charge in [0.2, 0.25) is 0 Å². The molecule has 1 aromatic heterocycles. The number of rotatable bonds is 6. The van der Waals surface area contributed by atoms with Crippen molar-refractivity contribution in [3.05, 3.63) is 35.5 Å². The van der Waals surface area contributed by atoms with Crippen LogP contribution >= 0.6 is 0 Å². The molecule has 0 saturated heterocycles. The summed E-state index contributed by atoms with van der Waals surface area (Å²) in [6.07, 6.45) is 6.02. The van der Waals surface area contributed by atoms with Gasteiger partial charge in [-0.15, -0.1) is 0 Å². The van der Waals surface area contributed by atoms with Gasteiger partial charge in [-0.2, -0.15) is 0 Å². The molecule has 1 heterocycles. The van der Waals surface area contributed by atoms with Gasteiger partial charge in [0, 0.05) is 35.8 Å². The van der Waals surface area contributed by atoms with Crippen LogP contribution in [0.25, 0.3) is 10.9 Å².